The third-order valence-corrected chi connectivity index (χ3v) is 3.79. The van der Waals surface area contributed by atoms with Gasteiger partial charge in [-0.3, -0.25) is 0 Å². The van der Waals surface area contributed by atoms with Gasteiger partial charge < -0.3 is 4.57 Å². The highest BCUT2D eigenvalue weighted by Crippen LogP contribution is 2.30. The zero-order valence-electron chi connectivity index (χ0n) is 9.29. The highest BCUT2D eigenvalue weighted by Gasteiger charge is 2.19. The average molecular weight is 295 g/mol. The normalized spacial score (nSPS) is 14.7. The van der Waals surface area contributed by atoms with Crippen molar-refractivity contribution in [2.45, 2.75) is 25.8 Å². The Morgan fingerprint density at radius 2 is 1.94 bits per heavy atom. The standard InChI is InChI=1S/C13H12BrFN2/c14-13-16-12(9-4-6-10(15)7-5-9)11-3-1-2-8-17(11)13/h4-7H,1-3,8H2. The van der Waals surface area contributed by atoms with Crippen molar-refractivity contribution in [3.8, 4) is 11.3 Å². The summed E-state index contributed by atoms with van der Waals surface area (Å²) in [5.74, 6) is -0.208. The van der Waals surface area contributed by atoms with Gasteiger partial charge in [0, 0.05) is 17.8 Å². The Balaban J connectivity index is 2.11. The number of imidazole rings is 1. The number of halogens is 2. The summed E-state index contributed by atoms with van der Waals surface area (Å²) in [5.41, 5.74) is 3.23. The molecule has 0 unspecified atom stereocenters. The van der Waals surface area contributed by atoms with Crippen molar-refractivity contribution in [2.24, 2.45) is 0 Å². The van der Waals surface area contributed by atoms with Crippen LogP contribution in [0.4, 0.5) is 4.39 Å². The minimum Gasteiger partial charge on any atom is -0.322 e. The van der Waals surface area contributed by atoms with E-state index in [1.807, 2.05) is 0 Å². The van der Waals surface area contributed by atoms with E-state index in [1.54, 1.807) is 12.1 Å². The molecule has 0 aliphatic carbocycles. The number of hydrogen-bond donors (Lipinski definition) is 0. The Morgan fingerprint density at radius 3 is 2.71 bits per heavy atom. The lowest BCUT2D eigenvalue weighted by Gasteiger charge is -2.15. The Labute approximate surface area is 108 Å². The molecule has 0 saturated carbocycles. The molecule has 0 atom stereocenters. The van der Waals surface area contributed by atoms with Crippen molar-refractivity contribution < 1.29 is 4.39 Å². The molecule has 1 aliphatic heterocycles. The maximum Gasteiger partial charge on any atom is 0.177 e. The van der Waals surface area contributed by atoms with Crippen LogP contribution in [0.3, 0.4) is 0 Å². The molecular weight excluding hydrogens is 283 g/mol. The van der Waals surface area contributed by atoms with E-state index in [9.17, 15) is 4.39 Å². The first-order chi connectivity index (χ1) is 8.25. The molecule has 0 N–H and O–H groups in total. The van der Waals surface area contributed by atoms with E-state index in [0.717, 1.165) is 29.0 Å². The Hall–Kier alpha value is -1.16. The minimum absolute atomic E-state index is 0.208. The molecule has 0 saturated heterocycles. The Kier molecular flexibility index (Phi) is 2.74. The predicted molar refractivity (Wildman–Crippen MR) is 68.3 cm³/mol. The molecule has 4 heteroatoms. The van der Waals surface area contributed by atoms with Crippen molar-refractivity contribution in [2.75, 3.05) is 0 Å². The van der Waals surface area contributed by atoms with Crippen molar-refractivity contribution in [3.63, 3.8) is 0 Å². The zero-order chi connectivity index (χ0) is 11.8. The van der Waals surface area contributed by atoms with E-state index in [2.05, 4.69) is 25.5 Å². The highest BCUT2D eigenvalue weighted by atomic mass is 79.9. The third kappa shape index (κ3) is 1.90. The molecule has 88 valence electrons. The van der Waals surface area contributed by atoms with Gasteiger partial charge in [0.1, 0.15) is 5.82 Å². The lowest BCUT2D eigenvalue weighted by atomic mass is 10.0. The molecule has 1 aromatic heterocycles. The van der Waals surface area contributed by atoms with E-state index in [1.165, 1.54) is 30.7 Å². The van der Waals surface area contributed by atoms with Crippen LogP contribution in [0, 0.1) is 5.82 Å². The molecule has 0 radical (unpaired) electrons. The van der Waals surface area contributed by atoms with Gasteiger partial charge in [-0.2, -0.15) is 0 Å². The van der Waals surface area contributed by atoms with Crippen LogP contribution in [0.15, 0.2) is 29.0 Å². The van der Waals surface area contributed by atoms with Gasteiger partial charge in [-0.25, -0.2) is 9.37 Å². The van der Waals surface area contributed by atoms with Crippen molar-refractivity contribution in [1.82, 2.24) is 9.55 Å². The fourth-order valence-electron chi connectivity index (χ4n) is 2.34. The van der Waals surface area contributed by atoms with Crippen molar-refractivity contribution in [1.29, 1.82) is 0 Å². The lowest BCUT2D eigenvalue weighted by Crippen LogP contribution is -2.10. The molecule has 1 aliphatic rings. The molecule has 2 heterocycles. The van der Waals surface area contributed by atoms with Crippen LogP contribution < -0.4 is 0 Å². The van der Waals surface area contributed by atoms with Gasteiger partial charge in [0.2, 0.25) is 0 Å². The second-order valence-corrected chi connectivity index (χ2v) is 5.00. The monoisotopic (exact) mass is 294 g/mol. The molecule has 17 heavy (non-hydrogen) atoms. The molecule has 1 aromatic carbocycles. The minimum atomic E-state index is -0.208. The van der Waals surface area contributed by atoms with E-state index < -0.39 is 0 Å². The first kappa shape index (κ1) is 11.0. The Morgan fingerprint density at radius 1 is 1.18 bits per heavy atom. The average Bonchev–Trinajstić information content (AvgIpc) is 2.69. The summed E-state index contributed by atoms with van der Waals surface area (Å²) in [5, 5.41) is 0. The summed E-state index contributed by atoms with van der Waals surface area (Å²) in [6.45, 7) is 1.02. The number of rotatable bonds is 1. The number of aromatic nitrogens is 2. The zero-order valence-corrected chi connectivity index (χ0v) is 10.9. The van der Waals surface area contributed by atoms with Crippen LogP contribution in [-0.2, 0) is 13.0 Å². The van der Waals surface area contributed by atoms with Crippen LogP contribution in [0.2, 0.25) is 0 Å². The number of fused-ring (bicyclic) bond motifs is 1. The molecule has 0 bridgehead atoms. The SMILES string of the molecule is Fc1ccc(-c2nc(Br)n3c2CCCC3)cc1. The molecular formula is C13H12BrFN2. The van der Waals surface area contributed by atoms with Crippen LogP contribution >= 0.6 is 15.9 Å². The molecule has 0 spiro atoms. The third-order valence-electron chi connectivity index (χ3n) is 3.19. The maximum atomic E-state index is 12.9. The van der Waals surface area contributed by atoms with E-state index >= 15 is 0 Å². The number of benzene rings is 1. The summed E-state index contributed by atoms with van der Waals surface area (Å²) in [6.07, 6.45) is 3.45. The van der Waals surface area contributed by atoms with Gasteiger partial charge in [-0.1, -0.05) is 0 Å². The fraction of sp³-hybridized carbons (Fsp3) is 0.308. The smallest absolute Gasteiger partial charge is 0.177 e. The van der Waals surface area contributed by atoms with Crippen LogP contribution in [0.5, 0.6) is 0 Å². The second kappa shape index (κ2) is 4.26. The van der Waals surface area contributed by atoms with E-state index in [0.29, 0.717) is 0 Å². The van der Waals surface area contributed by atoms with Gasteiger partial charge >= 0.3 is 0 Å². The lowest BCUT2D eigenvalue weighted by molar-refractivity contribution is 0.525. The first-order valence-corrected chi connectivity index (χ1v) is 6.56. The first-order valence-electron chi connectivity index (χ1n) is 5.76. The molecule has 0 fully saturated rings. The predicted octanol–water partition coefficient (Wildman–Crippen LogP) is 3.79. The molecule has 0 amide bonds. The summed E-state index contributed by atoms with van der Waals surface area (Å²) >= 11 is 3.49. The van der Waals surface area contributed by atoms with Gasteiger partial charge in [-0.15, -0.1) is 0 Å². The second-order valence-electron chi connectivity index (χ2n) is 4.29. The fourth-order valence-corrected chi connectivity index (χ4v) is 2.91. The largest absolute Gasteiger partial charge is 0.322 e. The van der Waals surface area contributed by atoms with E-state index in [4.69, 9.17) is 0 Å². The van der Waals surface area contributed by atoms with Crippen LogP contribution in [0.25, 0.3) is 11.3 Å². The number of hydrogen-bond acceptors (Lipinski definition) is 1. The summed E-state index contributed by atoms with van der Waals surface area (Å²) < 4.78 is 16.0. The van der Waals surface area contributed by atoms with E-state index in [-0.39, 0.29) is 5.82 Å². The topological polar surface area (TPSA) is 17.8 Å². The molecule has 2 aromatic rings. The quantitative estimate of drug-likeness (QED) is 0.782. The Bertz CT molecular complexity index is 545. The van der Waals surface area contributed by atoms with Crippen molar-refractivity contribution >= 4 is 15.9 Å². The summed E-state index contributed by atoms with van der Waals surface area (Å²) in [6, 6.07) is 6.55. The van der Waals surface area contributed by atoms with Gasteiger partial charge in [0.25, 0.3) is 0 Å². The molecule has 2 nitrogen and oxygen atoms in total. The van der Waals surface area contributed by atoms with Gasteiger partial charge in [0.15, 0.2) is 4.73 Å². The maximum absolute atomic E-state index is 12.9. The van der Waals surface area contributed by atoms with Crippen molar-refractivity contribution in [3.05, 3.63) is 40.5 Å². The number of nitrogens with zero attached hydrogens (tertiary/aromatic N) is 2. The van der Waals surface area contributed by atoms with Crippen LogP contribution in [-0.4, -0.2) is 9.55 Å². The summed E-state index contributed by atoms with van der Waals surface area (Å²) in [7, 11) is 0. The van der Waals surface area contributed by atoms with Crippen LogP contribution in [0.1, 0.15) is 18.5 Å². The molecule has 3 rings (SSSR count). The van der Waals surface area contributed by atoms with Gasteiger partial charge in [0.05, 0.1) is 5.69 Å². The van der Waals surface area contributed by atoms with Gasteiger partial charge in [-0.05, 0) is 59.5 Å². The highest BCUT2D eigenvalue weighted by molar-refractivity contribution is 9.10. The summed E-state index contributed by atoms with van der Waals surface area (Å²) in [4.78, 5) is 4.55.